The van der Waals surface area contributed by atoms with E-state index < -0.39 is 28.8 Å². The van der Waals surface area contributed by atoms with Crippen molar-refractivity contribution in [3.8, 4) is 0 Å². The van der Waals surface area contributed by atoms with Gasteiger partial charge in [0.1, 0.15) is 5.82 Å². The van der Waals surface area contributed by atoms with E-state index in [-0.39, 0.29) is 17.4 Å². The van der Waals surface area contributed by atoms with Crippen LogP contribution < -0.4 is 16.4 Å². The number of pyridine rings is 1. The maximum atomic E-state index is 14.2. The number of nitrogens with one attached hydrogen (secondary N) is 3. The first-order valence-corrected chi connectivity index (χ1v) is 7.68. The molecule has 0 unspecified atom stereocenters. The van der Waals surface area contributed by atoms with Crippen molar-refractivity contribution < 1.29 is 18.4 Å². The van der Waals surface area contributed by atoms with Crippen molar-refractivity contribution >= 4 is 33.2 Å². The minimum atomic E-state index is -1.24. The highest BCUT2D eigenvalue weighted by Gasteiger charge is 2.20. The summed E-state index contributed by atoms with van der Waals surface area (Å²) in [5.74, 6) is -2.72. The van der Waals surface area contributed by atoms with Crippen LogP contribution in [0.2, 0.25) is 0 Å². The summed E-state index contributed by atoms with van der Waals surface area (Å²) in [7, 11) is 0. The Morgan fingerprint density at radius 1 is 1.33 bits per heavy atom. The summed E-state index contributed by atoms with van der Waals surface area (Å²) in [6.07, 6.45) is 0.714. The number of benzene rings is 1. The number of aromatic nitrogens is 1. The normalized spacial score (nSPS) is 10.8. The number of amides is 1. The fourth-order valence-corrected chi connectivity index (χ4v) is 2.09. The lowest BCUT2D eigenvalue weighted by Gasteiger charge is -2.14. The molecule has 1 heterocycles. The molecule has 2 rings (SSSR count). The van der Waals surface area contributed by atoms with Gasteiger partial charge in [0, 0.05) is 10.7 Å². The number of hydrogen-bond acceptors (Lipinski definition) is 4. The van der Waals surface area contributed by atoms with Crippen LogP contribution in [0.25, 0.3) is 0 Å². The average molecular weight is 402 g/mol. The van der Waals surface area contributed by atoms with Gasteiger partial charge in [0.15, 0.2) is 0 Å². The van der Waals surface area contributed by atoms with E-state index in [4.69, 9.17) is 4.84 Å². The van der Waals surface area contributed by atoms with Crippen molar-refractivity contribution in [1.29, 1.82) is 0 Å². The molecule has 0 saturated carbocycles. The molecular formula is C15H14BrF2N3O3. The number of rotatable bonds is 5. The minimum absolute atomic E-state index is 0.0958. The van der Waals surface area contributed by atoms with Crippen molar-refractivity contribution in [1.82, 2.24) is 10.5 Å². The van der Waals surface area contributed by atoms with E-state index in [0.29, 0.717) is 4.47 Å². The molecule has 0 aliphatic rings. The van der Waals surface area contributed by atoms with Crippen LogP contribution in [0.15, 0.2) is 33.7 Å². The van der Waals surface area contributed by atoms with Gasteiger partial charge in [-0.3, -0.25) is 14.4 Å². The van der Waals surface area contributed by atoms with Crippen molar-refractivity contribution in [2.45, 2.75) is 20.0 Å². The van der Waals surface area contributed by atoms with E-state index in [1.807, 2.05) is 0 Å². The molecule has 0 atom stereocenters. The molecule has 9 heteroatoms. The summed E-state index contributed by atoms with van der Waals surface area (Å²) < 4.78 is 28.6. The first-order chi connectivity index (χ1) is 11.3. The number of aromatic amines is 1. The van der Waals surface area contributed by atoms with Gasteiger partial charge in [-0.05, 0) is 32.0 Å². The maximum absolute atomic E-state index is 14.2. The topological polar surface area (TPSA) is 83.2 Å². The van der Waals surface area contributed by atoms with E-state index >= 15 is 0 Å². The van der Waals surface area contributed by atoms with Gasteiger partial charge in [-0.1, -0.05) is 15.9 Å². The van der Waals surface area contributed by atoms with Crippen LogP contribution in [0.3, 0.4) is 0 Å². The van der Waals surface area contributed by atoms with Gasteiger partial charge in [0.25, 0.3) is 11.5 Å². The fraction of sp³-hybridized carbons (Fsp3) is 0.200. The van der Waals surface area contributed by atoms with Crippen LogP contribution in [0, 0.1) is 11.6 Å². The van der Waals surface area contributed by atoms with Gasteiger partial charge in [-0.15, -0.1) is 0 Å². The summed E-state index contributed by atoms with van der Waals surface area (Å²) in [5, 5.41) is 2.44. The predicted molar refractivity (Wildman–Crippen MR) is 88.1 cm³/mol. The fourth-order valence-electron chi connectivity index (χ4n) is 1.76. The maximum Gasteiger partial charge on any atom is 0.286 e. The molecule has 0 bridgehead atoms. The van der Waals surface area contributed by atoms with Crippen LogP contribution in [0.5, 0.6) is 0 Å². The van der Waals surface area contributed by atoms with Crippen LogP contribution in [-0.2, 0) is 4.84 Å². The first-order valence-electron chi connectivity index (χ1n) is 6.89. The Hall–Kier alpha value is -2.26. The standard InChI is InChI=1S/C15H14BrF2N3O3/c1-7(2)24-21-14(22)9-6-19-15(23)12(18)13(9)20-11-4-3-8(16)5-10(11)17/h3-7H,1-2H3,(H,21,22)(H2,19,20,23). The van der Waals surface area contributed by atoms with Gasteiger partial charge in [0.2, 0.25) is 5.82 Å². The Kier molecular flexibility index (Phi) is 5.68. The van der Waals surface area contributed by atoms with Crippen LogP contribution in [0.1, 0.15) is 24.2 Å². The molecule has 2 aromatic rings. The molecule has 1 aromatic carbocycles. The summed E-state index contributed by atoms with van der Waals surface area (Å²) in [4.78, 5) is 30.6. The molecule has 24 heavy (non-hydrogen) atoms. The molecule has 6 nitrogen and oxygen atoms in total. The van der Waals surface area contributed by atoms with Crippen molar-refractivity contribution in [2.24, 2.45) is 0 Å². The lowest BCUT2D eigenvalue weighted by atomic mass is 10.2. The van der Waals surface area contributed by atoms with E-state index in [1.165, 1.54) is 12.1 Å². The number of anilines is 2. The number of carbonyl (C=O) groups is 1. The molecule has 0 radical (unpaired) electrons. The Morgan fingerprint density at radius 3 is 2.67 bits per heavy atom. The summed E-state index contributed by atoms with van der Waals surface area (Å²) in [6.45, 7) is 3.37. The molecule has 1 aromatic heterocycles. The van der Waals surface area contributed by atoms with Crippen LogP contribution in [-0.4, -0.2) is 17.0 Å². The van der Waals surface area contributed by atoms with Crippen LogP contribution in [0.4, 0.5) is 20.2 Å². The van der Waals surface area contributed by atoms with Crippen molar-refractivity contribution in [3.63, 3.8) is 0 Å². The molecule has 3 N–H and O–H groups in total. The number of halogens is 3. The number of H-pyrrole nitrogens is 1. The largest absolute Gasteiger partial charge is 0.350 e. The zero-order chi connectivity index (χ0) is 17.9. The van der Waals surface area contributed by atoms with E-state index in [9.17, 15) is 18.4 Å². The smallest absolute Gasteiger partial charge is 0.286 e. The average Bonchev–Trinajstić information content (AvgIpc) is 2.52. The first kappa shape index (κ1) is 18.1. The molecular weight excluding hydrogens is 388 g/mol. The number of carbonyl (C=O) groups excluding carboxylic acids is 1. The van der Waals surface area contributed by atoms with Gasteiger partial charge in [0.05, 0.1) is 23.0 Å². The monoisotopic (exact) mass is 401 g/mol. The SMILES string of the molecule is CC(C)ONC(=O)c1c[nH]c(=O)c(F)c1Nc1ccc(Br)cc1F. The van der Waals surface area contributed by atoms with Gasteiger partial charge >= 0.3 is 0 Å². The second-order valence-corrected chi connectivity index (χ2v) is 5.98. The third-order valence-corrected chi connectivity index (χ3v) is 3.35. The van der Waals surface area contributed by atoms with Crippen molar-refractivity contribution in [3.05, 3.63) is 56.4 Å². The third-order valence-electron chi connectivity index (χ3n) is 2.86. The zero-order valence-corrected chi connectivity index (χ0v) is 14.3. The zero-order valence-electron chi connectivity index (χ0n) is 12.7. The summed E-state index contributed by atoms with van der Waals surface area (Å²) in [5.41, 5.74) is 0.291. The lowest BCUT2D eigenvalue weighted by Crippen LogP contribution is -2.29. The molecule has 0 aliphatic carbocycles. The third kappa shape index (κ3) is 4.18. The second kappa shape index (κ2) is 7.54. The molecule has 0 saturated heterocycles. The van der Waals surface area contributed by atoms with Gasteiger partial charge in [-0.2, -0.15) is 4.39 Å². The molecule has 0 spiro atoms. The van der Waals surface area contributed by atoms with Gasteiger partial charge < -0.3 is 10.3 Å². The second-order valence-electron chi connectivity index (χ2n) is 5.07. The van der Waals surface area contributed by atoms with E-state index in [0.717, 1.165) is 12.3 Å². The quantitative estimate of drug-likeness (QED) is 0.671. The Balaban J connectivity index is 2.42. The highest BCUT2D eigenvalue weighted by molar-refractivity contribution is 9.10. The Bertz CT molecular complexity index is 824. The molecule has 128 valence electrons. The predicted octanol–water partition coefficient (Wildman–Crippen LogP) is 3.23. The highest BCUT2D eigenvalue weighted by atomic mass is 79.9. The Labute approximate surface area is 144 Å². The molecule has 0 fully saturated rings. The van der Waals surface area contributed by atoms with Gasteiger partial charge in [-0.25, -0.2) is 9.87 Å². The van der Waals surface area contributed by atoms with Crippen molar-refractivity contribution in [2.75, 3.05) is 5.32 Å². The number of hydroxylamine groups is 1. The minimum Gasteiger partial charge on any atom is -0.350 e. The number of hydrogen-bond donors (Lipinski definition) is 3. The lowest BCUT2D eigenvalue weighted by molar-refractivity contribution is 0.000199. The molecule has 1 amide bonds. The summed E-state index contributed by atoms with van der Waals surface area (Å²) in [6, 6.07) is 4.03. The van der Waals surface area contributed by atoms with Crippen LogP contribution >= 0.6 is 15.9 Å². The van der Waals surface area contributed by atoms with E-state index in [1.54, 1.807) is 13.8 Å². The highest BCUT2D eigenvalue weighted by Crippen LogP contribution is 2.26. The summed E-state index contributed by atoms with van der Waals surface area (Å²) >= 11 is 3.10. The molecule has 0 aliphatic heterocycles. The van der Waals surface area contributed by atoms with E-state index in [2.05, 4.69) is 31.7 Å². The Morgan fingerprint density at radius 2 is 2.04 bits per heavy atom.